The van der Waals surface area contributed by atoms with Gasteiger partial charge in [-0.15, -0.1) is 0 Å². The minimum absolute atomic E-state index is 0. The molecule has 6 nitrogen and oxygen atoms in total. The zero-order valence-corrected chi connectivity index (χ0v) is 21.6. The molecule has 3 aromatic rings. The van der Waals surface area contributed by atoms with Crippen LogP contribution in [0.15, 0.2) is 59.5 Å². The Balaban J connectivity index is 0.00000385. The number of sulfonamides is 1. The van der Waals surface area contributed by atoms with E-state index in [2.05, 4.69) is 9.82 Å². The number of carbonyl (C=O) groups is 1. The molecule has 11 heteroatoms. The topological polar surface area (TPSA) is 83.1 Å². The molecule has 0 saturated heterocycles. The SMILES string of the molecule is CC(=O)[N-]S(=O)(=O)c1ccc(-n2nc(C(F)(F)F)cc2-c2ccc(C(C)(C)C)cc2)cc1.[Na+]. The van der Waals surface area contributed by atoms with Crippen LogP contribution < -0.4 is 29.6 Å². The van der Waals surface area contributed by atoms with Gasteiger partial charge in [0.15, 0.2) is 5.69 Å². The zero-order chi connectivity index (χ0) is 23.9. The fraction of sp³-hybridized carbons (Fsp3) is 0.273. The Kier molecular flexibility index (Phi) is 7.90. The Morgan fingerprint density at radius 3 is 1.97 bits per heavy atom. The molecule has 0 N–H and O–H groups in total. The summed E-state index contributed by atoms with van der Waals surface area (Å²) in [6.45, 7) is 7.09. The van der Waals surface area contributed by atoms with E-state index in [0.717, 1.165) is 23.2 Å². The first-order valence-electron chi connectivity index (χ1n) is 9.56. The predicted octanol–water partition coefficient (Wildman–Crippen LogP) is 2.47. The largest absolute Gasteiger partial charge is 1.00 e. The minimum atomic E-state index is -4.66. The van der Waals surface area contributed by atoms with E-state index < -0.39 is 27.8 Å². The number of hydrogen-bond donors (Lipinski definition) is 0. The second-order valence-electron chi connectivity index (χ2n) is 8.23. The monoisotopic (exact) mass is 487 g/mol. The molecule has 1 heterocycles. The van der Waals surface area contributed by atoms with Crippen LogP contribution in [0.4, 0.5) is 13.2 Å². The minimum Gasteiger partial charge on any atom is -0.542 e. The Morgan fingerprint density at radius 1 is 0.970 bits per heavy atom. The summed E-state index contributed by atoms with van der Waals surface area (Å²) in [4.78, 5) is 10.8. The first-order valence-corrected chi connectivity index (χ1v) is 11.0. The summed E-state index contributed by atoms with van der Waals surface area (Å²) in [5.41, 5.74) is 0.758. The van der Waals surface area contributed by atoms with E-state index in [9.17, 15) is 26.4 Å². The van der Waals surface area contributed by atoms with Gasteiger partial charge in [0.2, 0.25) is 0 Å². The van der Waals surface area contributed by atoms with Crippen molar-refractivity contribution in [2.75, 3.05) is 0 Å². The first-order chi connectivity index (χ1) is 14.7. The van der Waals surface area contributed by atoms with Gasteiger partial charge in [0.05, 0.1) is 22.2 Å². The Hall–Kier alpha value is -2.14. The van der Waals surface area contributed by atoms with Crippen molar-refractivity contribution >= 4 is 15.9 Å². The van der Waals surface area contributed by atoms with Crippen LogP contribution in [0.5, 0.6) is 0 Å². The summed E-state index contributed by atoms with van der Waals surface area (Å²) in [6, 6.07) is 13.0. The van der Waals surface area contributed by atoms with Gasteiger partial charge in [0.25, 0.3) is 0 Å². The number of carbonyl (C=O) groups excluding carboxylic acids is 1. The fourth-order valence-corrected chi connectivity index (χ4v) is 3.97. The third-order valence-electron chi connectivity index (χ3n) is 4.67. The molecule has 3 rings (SSSR count). The Bertz CT molecular complexity index is 1250. The standard InChI is InChI=1S/C22H22F3N3O3S.Na/c1-14(29)27-32(30,31)18-11-9-17(10-12-18)28-19(13-20(26-28)22(23,24)25)15-5-7-16(8-6-15)21(2,3)4;/h5-13H,1-4H3,(H,27,29);/q;+1/p-1. The number of alkyl halides is 3. The van der Waals surface area contributed by atoms with Crippen molar-refractivity contribution in [2.45, 2.75) is 44.2 Å². The van der Waals surface area contributed by atoms with Crippen LogP contribution in [-0.2, 0) is 26.4 Å². The normalized spacial score (nSPS) is 12.2. The van der Waals surface area contributed by atoms with Crippen molar-refractivity contribution in [1.29, 1.82) is 0 Å². The van der Waals surface area contributed by atoms with Crippen molar-refractivity contribution in [2.24, 2.45) is 0 Å². The van der Waals surface area contributed by atoms with Crippen molar-refractivity contribution in [3.8, 4) is 16.9 Å². The molecule has 0 aliphatic carbocycles. The zero-order valence-electron chi connectivity index (χ0n) is 18.8. The number of rotatable bonds is 4. The van der Waals surface area contributed by atoms with Gasteiger partial charge < -0.3 is 9.52 Å². The van der Waals surface area contributed by atoms with Gasteiger partial charge in [-0.2, -0.15) is 18.3 Å². The van der Waals surface area contributed by atoms with E-state index in [-0.39, 0.29) is 51.2 Å². The smallest absolute Gasteiger partial charge is 0.542 e. The summed E-state index contributed by atoms with van der Waals surface area (Å²) in [7, 11) is -4.19. The molecule has 0 aliphatic heterocycles. The van der Waals surface area contributed by atoms with Crippen LogP contribution >= 0.6 is 0 Å². The van der Waals surface area contributed by atoms with E-state index in [0.29, 0.717) is 5.56 Å². The summed E-state index contributed by atoms with van der Waals surface area (Å²) in [6.07, 6.45) is -4.66. The quantitative estimate of drug-likeness (QED) is 0.530. The average Bonchev–Trinajstić information content (AvgIpc) is 3.12. The summed E-state index contributed by atoms with van der Waals surface area (Å²) in [5, 5.41) is 3.70. The number of halogens is 3. The molecule has 0 bridgehead atoms. The predicted molar refractivity (Wildman–Crippen MR) is 114 cm³/mol. The molecule has 170 valence electrons. The van der Waals surface area contributed by atoms with Crippen LogP contribution in [0.25, 0.3) is 21.7 Å². The Morgan fingerprint density at radius 2 is 1.52 bits per heavy atom. The van der Waals surface area contributed by atoms with E-state index in [4.69, 9.17) is 0 Å². The van der Waals surface area contributed by atoms with Gasteiger partial charge >= 0.3 is 35.7 Å². The van der Waals surface area contributed by atoms with Crippen molar-refractivity contribution in [1.82, 2.24) is 9.78 Å². The molecular weight excluding hydrogens is 466 g/mol. The van der Waals surface area contributed by atoms with Crippen molar-refractivity contribution in [3.63, 3.8) is 0 Å². The molecule has 0 atom stereocenters. The molecular formula is C22H21F3N3NaO3S. The molecule has 0 aliphatic rings. The van der Waals surface area contributed by atoms with Crippen LogP contribution in [0.1, 0.15) is 39.0 Å². The first kappa shape index (κ1) is 27.1. The van der Waals surface area contributed by atoms with Gasteiger partial charge in [-0.3, -0.25) is 0 Å². The molecule has 0 fully saturated rings. The Labute approximate surface area is 212 Å². The number of aromatic nitrogens is 2. The van der Waals surface area contributed by atoms with Crippen molar-refractivity contribution in [3.05, 3.63) is 70.6 Å². The average molecular weight is 487 g/mol. The molecule has 0 radical (unpaired) electrons. The second kappa shape index (κ2) is 9.61. The number of benzene rings is 2. The van der Waals surface area contributed by atoms with Crippen LogP contribution in [0.2, 0.25) is 0 Å². The van der Waals surface area contributed by atoms with Crippen LogP contribution in [0.3, 0.4) is 0 Å². The molecule has 1 aromatic heterocycles. The fourth-order valence-electron chi connectivity index (χ4n) is 3.04. The van der Waals surface area contributed by atoms with Gasteiger partial charge in [0.1, 0.15) is 10.0 Å². The van der Waals surface area contributed by atoms with Crippen LogP contribution in [-0.4, -0.2) is 24.1 Å². The number of amides is 1. The molecule has 0 spiro atoms. The summed E-state index contributed by atoms with van der Waals surface area (Å²) in [5.74, 6) is -0.878. The number of nitrogens with zero attached hydrogens (tertiary/aromatic N) is 3. The summed E-state index contributed by atoms with van der Waals surface area (Å²) < 4.78 is 68.4. The third kappa shape index (κ3) is 6.26. The maximum atomic E-state index is 13.4. The second-order valence-corrected chi connectivity index (χ2v) is 9.84. The molecule has 0 saturated carbocycles. The number of hydrogen-bond acceptors (Lipinski definition) is 4. The van der Waals surface area contributed by atoms with Gasteiger partial charge in [-0.05, 0) is 48.2 Å². The molecule has 0 unspecified atom stereocenters. The van der Waals surface area contributed by atoms with E-state index in [1.807, 2.05) is 32.9 Å². The molecule has 1 amide bonds. The van der Waals surface area contributed by atoms with Gasteiger partial charge in [0, 0.05) is 5.56 Å². The van der Waals surface area contributed by atoms with Crippen molar-refractivity contribution < 1.29 is 55.9 Å². The maximum Gasteiger partial charge on any atom is 1.00 e. The van der Waals surface area contributed by atoms with Gasteiger partial charge in [-0.25, -0.2) is 13.1 Å². The van der Waals surface area contributed by atoms with Gasteiger partial charge in [-0.1, -0.05) is 45.0 Å². The third-order valence-corrected chi connectivity index (χ3v) is 6.04. The van der Waals surface area contributed by atoms with E-state index in [1.54, 1.807) is 12.1 Å². The van der Waals surface area contributed by atoms with E-state index >= 15 is 0 Å². The van der Waals surface area contributed by atoms with E-state index in [1.165, 1.54) is 24.3 Å². The maximum absolute atomic E-state index is 13.4. The molecule has 33 heavy (non-hydrogen) atoms. The summed E-state index contributed by atoms with van der Waals surface area (Å²) >= 11 is 0. The van der Waals surface area contributed by atoms with Crippen LogP contribution in [0, 0.1) is 0 Å². The molecule has 2 aromatic carbocycles.